The Morgan fingerprint density at radius 1 is 1.40 bits per heavy atom. The zero-order chi connectivity index (χ0) is 14.1. The lowest BCUT2D eigenvalue weighted by Gasteiger charge is -2.25. The minimum absolute atomic E-state index is 0.106. The number of rotatable bonds is 5. The lowest BCUT2D eigenvalue weighted by atomic mass is 10.1. The molecule has 2 fully saturated rings. The molecule has 1 aliphatic carbocycles. The summed E-state index contributed by atoms with van der Waals surface area (Å²) in [6, 6.07) is 2.55. The molecular formula is C15H23N3O2. The van der Waals surface area contributed by atoms with Gasteiger partial charge in [0, 0.05) is 31.4 Å². The van der Waals surface area contributed by atoms with Crippen LogP contribution in [0.1, 0.15) is 55.1 Å². The molecule has 0 spiro atoms. The van der Waals surface area contributed by atoms with Crippen LogP contribution in [0.3, 0.4) is 0 Å². The molecule has 0 bridgehead atoms. The van der Waals surface area contributed by atoms with Crippen LogP contribution in [0.5, 0.6) is 0 Å². The third kappa shape index (κ3) is 2.54. The quantitative estimate of drug-likeness (QED) is 0.862. The molecule has 5 heteroatoms. The highest BCUT2D eigenvalue weighted by Crippen LogP contribution is 2.38. The first-order valence-electron chi connectivity index (χ1n) is 7.60. The Kier molecular flexibility index (Phi) is 3.70. The fourth-order valence-electron chi connectivity index (χ4n) is 3.20. The molecule has 3 N–H and O–H groups in total. The molecule has 1 atom stereocenters. The summed E-state index contributed by atoms with van der Waals surface area (Å²) in [6.45, 7) is 1.02. The molecule has 110 valence electrons. The van der Waals surface area contributed by atoms with Crippen LogP contribution >= 0.6 is 0 Å². The van der Waals surface area contributed by atoms with Gasteiger partial charge >= 0.3 is 0 Å². The summed E-state index contributed by atoms with van der Waals surface area (Å²) in [6.07, 6.45) is 7.93. The number of nitrogens with two attached hydrogens (primary N) is 1. The van der Waals surface area contributed by atoms with Crippen molar-refractivity contribution in [1.82, 2.24) is 9.47 Å². The van der Waals surface area contributed by atoms with E-state index in [1.165, 1.54) is 0 Å². The Bertz CT molecular complexity index is 493. The van der Waals surface area contributed by atoms with Crippen LogP contribution in [0.4, 0.5) is 5.69 Å². The summed E-state index contributed by atoms with van der Waals surface area (Å²) in [5.41, 5.74) is 7.28. The number of likely N-dealkylation sites (tertiary alicyclic amines) is 1. The van der Waals surface area contributed by atoms with Crippen LogP contribution in [0, 0.1) is 0 Å². The number of anilines is 1. The van der Waals surface area contributed by atoms with Crippen molar-refractivity contribution in [2.75, 3.05) is 18.9 Å². The summed E-state index contributed by atoms with van der Waals surface area (Å²) in [5.74, 6) is 0.106. The van der Waals surface area contributed by atoms with Gasteiger partial charge in [-0.15, -0.1) is 0 Å². The minimum atomic E-state index is 0.106. The van der Waals surface area contributed by atoms with Crippen LogP contribution in [-0.4, -0.2) is 39.7 Å². The largest absolute Gasteiger partial charge is 0.397 e. The SMILES string of the molecule is Nc1cc(C(=O)N2CCCC2CCCO)n(C2CC2)c1. The highest BCUT2D eigenvalue weighted by atomic mass is 16.3. The molecule has 1 aromatic heterocycles. The number of hydrogen-bond acceptors (Lipinski definition) is 3. The van der Waals surface area contributed by atoms with E-state index in [1.807, 2.05) is 17.2 Å². The second kappa shape index (κ2) is 5.48. The van der Waals surface area contributed by atoms with Gasteiger partial charge in [-0.1, -0.05) is 0 Å². The number of carbonyl (C=O) groups is 1. The monoisotopic (exact) mass is 277 g/mol. The van der Waals surface area contributed by atoms with Gasteiger partial charge in [-0.25, -0.2) is 0 Å². The van der Waals surface area contributed by atoms with E-state index in [1.54, 1.807) is 0 Å². The third-order valence-electron chi connectivity index (χ3n) is 4.36. The van der Waals surface area contributed by atoms with E-state index in [4.69, 9.17) is 10.8 Å². The maximum Gasteiger partial charge on any atom is 0.270 e. The third-order valence-corrected chi connectivity index (χ3v) is 4.36. The van der Waals surface area contributed by atoms with E-state index in [0.717, 1.165) is 50.8 Å². The van der Waals surface area contributed by atoms with Gasteiger partial charge in [0.25, 0.3) is 5.91 Å². The molecular weight excluding hydrogens is 254 g/mol. The van der Waals surface area contributed by atoms with Gasteiger partial charge in [0.2, 0.25) is 0 Å². The lowest BCUT2D eigenvalue weighted by Crippen LogP contribution is -2.36. The molecule has 3 rings (SSSR count). The van der Waals surface area contributed by atoms with Crippen LogP contribution < -0.4 is 5.73 Å². The Morgan fingerprint density at radius 2 is 2.20 bits per heavy atom. The first kappa shape index (κ1) is 13.5. The molecule has 0 aromatic carbocycles. The summed E-state index contributed by atoms with van der Waals surface area (Å²) in [4.78, 5) is 14.7. The predicted octanol–water partition coefficient (Wildman–Crippen LogP) is 1.78. The fraction of sp³-hybridized carbons (Fsp3) is 0.667. The molecule has 1 unspecified atom stereocenters. The average molecular weight is 277 g/mol. The number of hydrogen-bond donors (Lipinski definition) is 2. The molecule has 1 amide bonds. The number of aliphatic hydroxyl groups is 1. The van der Waals surface area contributed by atoms with Crippen molar-refractivity contribution in [1.29, 1.82) is 0 Å². The molecule has 2 aliphatic rings. The van der Waals surface area contributed by atoms with Gasteiger partial charge in [-0.05, 0) is 44.6 Å². The summed E-state index contributed by atoms with van der Waals surface area (Å²) in [5, 5.41) is 8.97. The van der Waals surface area contributed by atoms with Crippen molar-refractivity contribution >= 4 is 11.6 Å². The smallest absolute Gasteiger partial charge is 0.270 e. The fourth-order valence-corrected chi connectivity index (χ4v) is 3.20. The van der Waals surface area contributed by atoms with Gasteiger partial charge in [-0.2, -0.15) is 0 Å². The van der Waals surface area contributed by atoms with Crippen molar-refractivity contribution < 1.29 is 9.90 Å². The molecule has 20 heavy (non-hydrogen) atoms. The maximum atomic E-state index is 12.8. The first-order chi connectivity index (χ1) is 9.70. The number of nitrogen functional groups attached to an aromatic ring is 1. The summed E-state index contributed by atoms with van der Waals surface area (Å²) < 4.78 is 2.05. The van der Waals surface area contributed by atoms with Crippen LogP contribution in [-0.2, 0) is 0 Å². The van der Waals surface area contributed by atoms with Crippen molar-refractivity contribution in [3.63, 3.8) is 0 Å². The van der Waals surface area contributed by atoms with Gasteiger partial charge in [0.05, 0.1) is 5.69 Å². The summed E-state index contributed by atoms with van der Waals surface area (Å²) in [7, 11) is 0. The van der Waals surface area contributed by atoms with Crippen molar-refractivity contribution in [3.05, 3.63) is 18.0 Å². The maximum absolute atomic E-state index is 12.8. The predicted molar refractivity (Wildman–Crippen MR) is 77.5 cm³/mol. The zero-order valence-electron chi connectivity index (χ0n) is 11.8. The number of nitrogens with zero attached hydrogens (tertiary/aromatic N) is 2. The molecule has 1 saturated heterocycles. The van der Waals surface area contributed by atoms with Crippen LogP contribution in [0.2, 0.25) is 0 Å². The van der Waals surface area contributed by atoms with Gasteiger partial charge in [-0.3, -0.25) is 4.79 Å². The number of amides is 1. The minimum Gasteiger partial charge on any atom is -0.397 e. The van der Waals surface area contributed by atoms with Crippen molar-refractivity contribution in [3.8, 4) is 0 Å². The summed E-state index contributed by atoms with van der Waals surface area (Å²) >= 11 is 0. The van der Waals surface area contributed by atoms with Gasteiger partial charge in [0.15, 0.2) is 0 Å². The Morgan fingerprint density at radius 3 is 2.90 bits per heavy atom. The molecule has 2 heterocycles. The highest BCUT2D eigenvalue weighted by Gasteiger charge is 2.33. The van der Waals surface area contributed by atoms with Gasteiger partial charge in [0.1, 0.15) is 5.69 Å². The molecule has 0 radical (unpaired) electrons. The zero-order valence-corrected chi connectivity index (χ0v) is 11.8. The van der Waals surface area contributed by atoms with Crippen molar-refractivity contribution in [2.24, 2.45) is 0 Å². The van der Waals surface area contributed by atoms with Crippen LogP contribution in [0.25, 0.3) is 0 Å². The molecule has 5 nitrogen and oxygen atoms in total. The van der Waals surface area contributed by atoms with E-state index in [-0.39, 0.29) is 18.6 Å². The standard InChI is InChI=1S/C15H23N3O2/c16-11-9-14(18(10-11)13-5-6-13)15(20)17-7-1-3-12(17)4-2-8-19/h9-10,12-13,19H,1-8,16H2. The highest BCUT2D eigenvalue weighted by molar-refractivity contribution is 5.94. The van der Waals surface area contributed by atoms with E-state index in [2.05, 4.69) is 4.57 Å². The molecule has 1 saturated carbocycles. The normalized spacial score (nSPS) is 22.4. The second-order valence-electron chi connectivity index (χ2n) is 5.96. The van der Waals surface area contributed by atoms with E-state index < -0.39 is 0 Å². The lowest BCUT2D eigenvalue weighted by molar-refractivity contribution is 0.0713. The topological polar surface area (TPSA) is 71.5 Å². The van der Waals surface area contributed by atoms with E-state index in [9.17, 15) is 4.79 Å². The Hall–Kier alpha value is -1.49. The number of aromatic nitrogens is 1. The first-order valence-corrected chi connectivity index (χ1v) is 7.60. The van der Waals surface area contributed by atoms with Gasteiger partial charge < -0.3 is 20.3 Å². The number of carbonyl (C=O) groups excluding carboxylic acids is 1. The number of aliphatic hydroxyl groups excluding tert-OH is 1. The molecule has 1 aromatic rings. The second-order valence-corrected chi connectivity index (χ2v) is 5.96. The Labute approximate surface area is 119 Å². The Balaban J connectivity index is 1.77. The van der Waals surface area contributed by atoms with Crippen molar-refractivity contribution in [2.45, 2.75) is 50.6 Å². The molecule has 1 aliphatic heterocycles. The van der Waals surface area contributed by atoms with E-state index >= 15 is 0 Å². The average Bonchev–Trinajstić information content (AvgIpc) is 3.05. The van der Waals surface area contributed by atoms with E-state index in [0.29, 0.717) is 11.7 Å². The van der Waals surface area contributed by atoms with Crippen LogP contribution in [0.15, 0.2) is 12.3 Å².